The fraction of sp³-hybridized carbons (Fsp3) is 0.0500. The van der Waals surface area contributed by atoms with Crippen LogP contribution in [0.4, 0.5) is 5.82 Å². The van der Waals surface area contributed by atoms with E-state index in [0.29, 0.717) is 10.0 Å². The van der Waals surface area contributed by atoms with Crippen LogP contribution in [0, 0.1) is 0 Å². The lowest BCUT2D eigenvalue weighted by atomic mass is 10.2. The van der Waals surface area contributed by atoms with Gasteiger partial charge in [0.1, 0.15) is 10.8 Å². The summed E-state index contributed by atoms with van der Waals surface area (Å²) in [5.74, 6) is -0.215. The Morgan fingerprint density at radius 1 is 1.03 bits per heavy atom. The van der Waals surface area contributed by atoms with Crippen molar-refractivity contribution in [3.8, 4) is 16.3 Å². The van der Waals surface area contributed by atoms with Crippen molar-refractivity contribution in [2.75, 3.05) is 11.1 Å². The molecule has 0 bridgehead atoms. The number of rotatable bonds is 6. The standard InChI is InChI=1S/C20H15N5O3S2/c26-16-11-15(25(19(28)22-16)14-9-5-2-6-10-14)21-17(27)12-29-20-24-23-18(30-20)13-7-3-1-4-8-13/h1-11H,12H2,(H,21,27)(H,22,26,28). The summed E-state index contributed by atoms with van der Waals surface area (Å²) in [4.78, 5) is 38.7. The zero-order valence-corrected chi connectivity index (χ0v) is 17.1. The van der Waals surface area contributed by atoms with Gasteiger partial charge in [-0.3, -0.25) is 14.6 Å². The molecule has 2 aromatic carbocycles. The molecule has 4 aromatic rings. The zero-order valence-electron chi connectivity index (χ0n) is 15.4. The molecule has 0 unspecified atom stereocenters. The Labute approximate surface area is 178 Å². The van der Waals surface area contributed by atoms with Crippen molar-refractivity contribution in [2.45, 2.75) is 4.34 Å². The molecule has 150 valence electrons. The summed E-state index contributed by atoms with van der Waals surface area (Å²) in [5, 5.41) is 11.7. The highest BCUT2D eigenvalue weighted by molar-refractivity contribution is 8.01. The molecule has 0 aliphatic carbocycles. The summed E-state index contributed by atoms with van der Waals surface area (Å²) in [7, 11) is 0. The first kappa shape index (κ1) is 19.8. The second-order valence-electron chi connectivity index (χ2n) is 6.07. The van der Waals surface area contributed by atoms with Gasteiger partial charge in [0.25, 0.3) is 5.56 Å². The molecule has 0 aliphatic heterocycles. The highest BCUT2D eigenvalue weighted by Crippen LogP contribution is 2.29. The Morgan fingerprint density at radius 2 is 1.73 bits per heavy atom. The fourth-order valence-corrected chi connectivity index (χ4v) is 4.35. The first-order valence-corrected chi connectivity index (χ1v) is 10.6. The molecule has 10 heteroatoms. The van der Waals surface area contributed by atoms with Crippen LogP contribution in [0.5, 0.6) is 0 Å². The van der Waals surface area contributed by atoms with E-state index in [1.54, 1.807) is 30.3 Å². The molecule has 0 fully saturated rings. The van der Waals surface area contributed by atoms with Gasteiger partial charge < -0.3 is 5.32 Å². The predicted molar refractivity (Wildman–Crippen MR) is 117 cm³/mol. The first-order chi connectivity index (χ1) is 14.6. The molecule has 0 aliphatic rings. The fourth-order valence-electron chi connectivity index (χ4n) is 2.69. The summed E-state index contributed by atoms with van der Waals surface area (Å²) in [6.07, 6.45) is 0. The van der Waals surface area contributed by atoms with Crippen LogP contribution >= 0.6 is 23.1 Å². The molecule has 0 saturated carbocycles. The van der Waals surface area contributed by atoms with E-state index in [-0.39, 0.29) is 17.5 Å². The predicted octanol–water partition coefficient (Wildman–Crippen LogP) is 2.78. The topological polar surface area (TPSA) is 110 Å². The average Bonchev–Trinajstić information content (AvgIpc) is 3.22. The lowest BCUT2D eigenvalue weighted by molar-refractivity contribution is -0.113. The number of anilines is 1. The second kappa shape index (κ2) is 8.89. The minimum absolute atomic E-state index is 0.0548. The van der Waals surface area contributed by atoms with Gasteiger partial charge in [-0.25, -0.2) is 9.36 Å². The van der Waals surface area contributed by atoms with Crippen molar-refractivity contribution in [3.63, 3.8) is 0 Å². The number of carbonyl (C=O) groups excluding carboxylic acids is 1. The molecule has 2 aromatic heterocycles. The Bertz CT molecular complexity index is 1280. The number of carbonyl (C=O) groups is 1. The molecule has 4 rings (SSSR count). The van der Waals surface area contributed by atoms with Crippen LogP contribution < -0.4 is 16.6 Å². The number of aromatic amines is 1. The van der Waals surface area contributed by atoms with Gasteiger partial charge in [0.15, 0.2) is 4.34 Å². The number of benzene rings is 2. The first-order valence-electron chi connectivity index (χ1n) is 8.83. The van der Waals surface area contributed by atoms with E-state index in [1.807, 2.05) is 30.3 Å². The smallest absolute Gasteiger partial charge is 0.311 e. The van der Waals surface area contributed by atoms with E-state index in [2.05, 4.69) is 20.5 Å². The highest BCUT2D eigenvalue weighted by Gasteiger charge is 2.13. The summed E-state index contributed by atoms with van der Waals surface area (Å²) >= 11 is 2.62. The van der Waals surface area contributed by atoms with Crippen LogP contribution in [0.1, 0.15) is 0 Å². The number of para-hydroxylation sites is 1. The van der Waals surface area contributed by atoms with Crippen molar-refractivity contribution < 1.29 is 4.79 Å². The minimum Gasteiger partial charge on any atom is -0.311 e. The zero-order chi connectivity index (χ0) is 20.9. The van der Waals surface area contributed by atoms with E-state index in [4.69, 9.17) is 0 Å². The summed E-state index contributed by atoms with van der Waals surface area (Å²) in [6.45, 7) is 0. The van der Waals surface area contributed by atoms with Crippen LogP contribution in [0.15, 0.2) is 80.7 Å². The lowest BCUT2D eigenvalue weighted by Crippen LogP contribution is -2.32. The minimum atomic E-state index is -0.631. The molecule has 0 spiro atoms. The number of hydrogen-bond acceptors (Lipinski definition) is 7. The van der Waals surface area contributed by atoms with E-state index >= 15 is 0 Å². The molecular weight excluding hydrogens is 422 g/mol. The number of nitrogens with one attached hydrogen (secondary N) is 2. The number of H-pyrrole nitrogens is 1. The molecule has 0 saturated heterocycles. The molecule has 0 atom stereocenters. The van der Waals surface area contributed by atoms with Gasteiger partial charge in [-0.05, 0) is 12.1 Å². The van der Waals surface area contributed by atoms with Gasteiger partial charge in [0.05, 0.1) is 11.4 Å². The van der Waals surface area contributed by atoms with E-state index < -0.39 is 11.2 Å². The second-order valence-corrected chi connectivity index (χ2v) is 8.27. The van der Waals surface area contributed by atoms with Gasteiger partial charge in [-0.15, -0.1) is 10.2 Å². The Balaban J connectivity index is 1.48. The normalized spacial score (nSPS) is 10.7. The summed E-state index contributed by atoms with van der Waals surface area (Å²) in [6, 6.07) is 19.6. The molecule has 0 radical (unpaired) electrons. The van der Waals surface area contributed by atoms with Crippen LogP contribution in [0.2, 0.25) is 0 Å². The third-order valence-corrected chi connectivity index (χ3v) is 6.08. The highest BCUT2D eigenvalue weighted by atomic mass is 32.2. The van der Waals surface area contributed by atoms with Crippen molar-refractivity contribution in [2.24, 2.45) is 0 Å². The van der Waals surface area contributed by atoms with E-state index in [0.717, 1.165) is 10.6 Å². The number of hydrogen-bond donors (Lipinski definition) is 2. The number of aromatic nitrogens is 4. The van der Waals surface area contributed by atoms with Gasteiger partial charge in [0, 0.05) is 11.6 Å². The summed E-state index contributed by atoms with van der Waals surface area (Å²) < 4.78 is 1.89. The van der Waals surface area contributed by atoms with Gasteiger partial charge in [0.2, 0.25) is 5.91 Å². The van der Waals surface area contributed by atoms with Crippen LogP contribution in [0.25, 0.3) is 16.3 Å². The third kappa shape index (κ3) is 4.56. The molecule has 2 N–H and O–H groups in total. The van der Waals surface area contributed by atoms with E-state index in [1.165, 1.54) is 33.7 Å². The monoisotopic (exact) mass is 437 g/mol. The third-order valence-electron chi connectivity index (χ3n) is 3.98. The average molecular weight is 438 g/mol. The molecule has 8 nitrogen and oxygen atoms in total. The number of nitrogens with zero attached hydrogens (tertiary/aromatic N) is 3. The SMILES string of the molecule is O=C(CSc1nnc(-c2ccccc2)s1)Nc1cc(=O)[nH]c(=O)n1-c1ccccc1. The van der Waals surface area contributed by atoms with E-state index in [9.17, 15) is 14.4 Å². The maximum absolute atomic E-state index is 12.5. The Kier molecular flexibility index (Phi) is 5.87. The molecule has 30 heavy (non-hydrogen) atoms. The van der Waals surface area contributed by atoms with Crippen LogP contribution in [-0.2, 0) is 4.79 Å². The maximum atomic E-state index is 12.5. The van der Waals surface area contributed by atoms with Gasteiger partial charge in [-0.1, -0.05) is 71.6 Å². The maximum Gasteiger partial charge on any atom is 0.334 e. The van der Waals surface area contributed by atoms with Crippen LogP contribution in [-0.4, -0.2) is 31.4 Å². The van der Waals surface area contributed by atoms with Crippen molar-refractivity contribution in [1.29, 1.82) is 0 Å². The van der Waals surface area contributed by atoms with Gasteiger partial charge in [-0.2, -0.15) is 0 Å². The number of amides is 1. The lowest BCUT2D eigenvalue weighted by Gasteiger charge is -2.12. The Morgan fingerprint density at radius 3 is 2.47 bits per heavy atom. The summed E-state index contributed by atoms with van der Waals surface area (Å²) in [5.41, 5.74) is 0.264. The van der Waals surface area contributed by atoms with Crippen LogP contribution in [0.3, 0.4) is 0 Å². The number of thioether (sulfide) groups is 1. The van der Waals surface area contributed by atoms with Crippen molar-refractivity contribution in [3.05, 3.63) is 87.6 Å². The quantitative estimate of drug-likeness (QED) is 0.449. The van der Waals surface area contributed by atoms with Gasteiger partial charge >= 0.3 is 5.69 Å². The molecule has 2 heterocycles. The molecule has 1 amide bonds. The molecular formula is C20H15N5O3S2. The van der Waals surface area contributed by atoms with Crippen molar-refractivity contribution in [1.82, 2.24) is 19.7 Å². The largest absolute Gasteiger partial charge is 0.334 e. The van der Waals surface area contributed by atoms with Crippen molar-refractivity contribution >= 4 is 34.8 Å². The Hall–Kier alpha value is -3.50.